The molecule has 0 spiro atoms. The molecule has 86 valence electrons. The van der Waals surface area contributed by atoms with Crippen LogP contribution >= 0.6 is 0 Å². The summed E-state index contributed by atoms with van der Waals surface area (Å²) in [6.07, 6.45) is 0.732. The van der Waals surface area contributed by atoms with E-state index in [2.05, 4.69) is 21.7 Å². The van der Waals surface area contributed by atoms with Crippen LogP contribution in [-0.4, -0.2) is 9.55 Å². The molecular weight excluding hydrogens is 224 g/mol. The van der Waals surface area contributed by atoms with E-state index < -0.39 is 0 Å². The fourth-order valence-corrected chi connectivity index (χ4v) is 2.65. The number of aromatic nitrogens is 2. The lowest BCUT2D eigenvalue weighted by Gasteiger charge is -2.09. The molecule has 3 aromatic rings. The Labute approximate surface area is 103 Å². The van der Waals surface area contributed by atoms with Gasteiger partial charge in [0.2, 0.25) is 0 Å². The standard InChI is InChI=1S/C15H10N2O/c18-15-11-6-2-4-8-13(11)17-12-7-3-1-5-10(12)9-14(17)16-15/h1-8H,9H2. The van der Waals surface area contributed by atoms with Crippen molar-refractivity contribution in [1.82, 2.24) is 9.55 Å². The smallest absolute Gasteiger partial charge is 0.280 e. The Morgan fingerprint density at radius 2 is 1.78 bits per heavy atom. The monoisotopic (exact) mass is 234 g/mol. The average Bonchev–Trinajstić information content (AvgIpc) is 2.77. The Morgan fingerprint density at radius 3 is 2.72 bits per heavy atom. The zero-order valence-corrected chi connectivity index (χ0v) is 9.63. The highest BCUT2D eigenvalue weighted by atomic mass is 16.1. The molecule has 0 aliphatic carbocycles. The predicted octanol–water partition coefficient (Wildman–Crippen LogP) is 2.29. The van der Waals surface area contributed by atoms with Crippen molar-refractivity contribution in [2.75, 3.05) is 0 Å². The van der Waals surface area contributed by atoms with E-state index in [0.717, 1.165) is 23.4 Å². The van der Waals surface area contributed by atoms with Gasteiger partial charge in [0.1, 0.15) is 5.82 Å². The highest BCUT2D eigenvalue weighted by molar-refractivity contribution is 5.81. The topological polar surface area (TPSA) is 34.9 Å². The van der Waals surface area contributed by atoms with Crippen molar-refractivity contribution < 1.29 is 0 Å². The van der Waals surface area contributed by atoms with E-state index in [1.807, 2.05) is 36.4 Å². The summed E-state index contributed by atoms with van der Waals surface area (Å²) in [5.41, 5.74) is 3.17. The molecule has 0 saturated heterocycles. The van der Waals surface area contributed by atoms with Crippen molar-refractivity contribution in [2.45, 2.75) is 6.42 Å². The molecule has 1 aliphatic rings. The van der Waals surface area contributed by atoms with E-state index in [1.165, 1.54) is 5.56 Å². The number of hydrogen-bond donors (Lipinski definition) is 0. The number of benzene rings is 2. The summed E-state index contributed by atoms with van der Waals surface area (Å²) < 4.78 is 2.09. The minimum Gasteiger partial charge on any atom is -0.297 e. The molecule has 2 aromatic carbocycles. The van der Waals surface area contributed by atoms with Crippen molar-refractivity contribution in [1.29, 1.82) is 0 Å². The Bertz CT molecular complexity index is 833. The normalized spacial score (nSPS) is 12.4. The molecule has 0 N–H and O–H groups in total. The van der Waals surface area contributed by atoms with Gasteiger partial charge in [0.05, 0.1) is 16.6 Å². The maximum atomic E-state index is 12.0. The number of fused-ring (bicyclic) bond motifs is 5. The molecule has 0 radical (unpaired) electrons. The molecule has 2 heterocycles. The van der Waals surface area contributed by atoms with Crippen molar-refractivity contribution in [3.63, 3.8) is 0 Å². The maximum Gasteiger partial charge on any atom is 0.280 e. The predicted molar refractivity (Wildman–Crippen MR) is 70.1 cm³/mol. The molecule has 0 bridgehead atoms. The van der Waals surface area contributed by atoms with Gasteiger partial charge >= 0.3 is 0 Å². The van der Waals surface area contributed by atoms with Gasteiger partial charge in [0.25, 0.3) is 5.56 Å². The van der Waals surface area contributed by atoms with Crippen LogP contribution < -0.4 is 5.56 Å². The first-order valence-corrected chi connectivity index (χ1v) is 5.93. The first-order chi connectivity index (χ1) is 8.84. The minimum absolute atomic E-state index is 0.135. The summed E-state index contributed by atoms with van der Waals surface area (Å²) in [4.78, 5) is 16.2. The Hall–Kier alpha value is -2.42. The molecule has 0 amide bonds. The summed E-state index contributed by atoms with van der Waals surface area (Å²) in [6, 6.07) is 15.8. The van der Waals surface area contributed by atoms with Crippen LogP contribution in [0.1, 0.15) is 11.4 Å². The highest BCUT2D eigenvalue weighted by Crippen LogP contribution is 2.28. The third-order valence-corrected chi connectivity index (χ3v) is 3.45. The van der Waals surface area contributed by atoms with Gasteiger partial charge in [-0.2, -0.15) is 4.98 Å². The number of rotatable bonds is 0. The second-order valence-corrected chi connectivity index (χ2v) is 4.49. The fraction of sp³-hybridized carbons (Fsp3) is 0.0667. The van der Waals surface area contributed by atoms with Crippen LogP contribution in [0.2, 0.25) is 0 Å². The summed E-state index contributed by atoms with van der Waals surface area (Å²) >= 11 is 0. The van der Waals surface area contributed by atoms with E-state index in [1.54, 1.807) is 0 Å². The molecular formula is C15H10N2O. The molecule has 1 aliphatic heterocycles. The van der Waals surface area contributed by atoms with E-state index >= 15 is 0 Å². The quantitative estimate of drug-likeness (QED) is 0.468. The van der Waals surface area contributed by atoms with Crippen LogP contribution in [0.4, 0.5) is 0 Å². The van der Waals surface area contributed by atoms with Crippen LogP contribution in [0, 0.1) is 0 Å². The first-order valence-electron chi connectivity index (χ1n) is 5.93. The second-order valence-electron chi connectivity index (χ2n) is 4.49. The summed E-state index contributed by atoms with van der Waals surface area (Å²) in [6.45, 7) is 0. The molecule has 0 fully saturated rings. The maximum absolute atomic E-state index is 12.0. The van der Waals surface area contributed by atoms with Crippen molar-refractivity contribution in [2.24, 2.45) is 0 Å². The van der Waals surface area contributed by atoms with Crippen LogP contribution in [0.15, 0.2) is 53.3 Å². The fourth-order valence-electron chi connectivity index (χ4n) is 2.65. The van der Waals surface area contributed by atoms with Crippen LogP contribution in [0.25, 0.3) is 16.6 Å². The zero-order valence-electron chi connectivity index (χ0n) is 9.63. The molecule has 1 aromatic heterocycles. The number of hydrogen-bond acceptors (Lipinski definition) is 2. The van der Waals surface area contributed by atoms with Crippen molar-refractivity contribution in [3.8, 4) is 5.69 Å². The second kappa shape index (κ2) is 3.29. The lowest BCUT2D eigenvalue weighted by Crippen LogP contribution is -2.14. The average molecular weight is 234 g/mol. The lowest BCUT2D eigenvalue weighted by molar-refractivity contribution is 0.945. The van der Waals surface area contributed by atoms with Gasteiger partial charge in [0.15, 0.2) is 0 Å². The minimum atomic E-state index is -0.135. The third-order valence-electron chi connectivity index (χ3n) is 3.45. The van der Waals surface area contributed by atoms with E-state index in [-0.39, 0.29) is 5.56 Å². The van der Waals surface area contributed by atoms with Crippen LogP contribution in [0.5, 0.6) is 0 Å². The Morgan fingerprint density at radius 1 is 1.00 bits per heavy atom. The van der Waals surface area contributed by atoms with Gasteiger partial charge in [-0.3, -0.25) is 9.36 Å². The highest BCUT2D eigenvalue weighted by Gasteiger charge is 2.20. The summed E-state index contributed by atoms with van der Waals surface area (Å²) in [5, 5.41) is 0.679. The molecule has 0 atom stereocenters. The largest absolute Gasteiger partial charge is 0.297 e. The molecule has 4 rings (SSSR count). The number of para-hydroxylation sites is 2. The van der Waals surface area contributed by atoms with E-state index in [4.69, 9.17) is 0 Å². The third kappa shape index (κ3) is 1.13. The van der Waals surface area contributed by atoms with Gasteiger partial charge in [0, 0.05) is 6.42 Å². The van der Waals surface area contributed by atoms with Crippen LogP contribution in [0.3, 0.4) is 0 Å². The van der Waals surface area contributed by atoms with Gasteiger partial charge in [-0.05, 0) is 23.8 Å². The van der Waals surface area contributed by atoms with Crippen molar-refractivity contribution in [3.05, 3.63) is 70.3 Å². The zero-order chi connectivity index (χ0) is 12.1. The summed E-state index contributed by atoms with van der Waals surface area (Å²) in [7, 11) is 0. The van der Waals surface area contributed by atoms with Gasteiger partial charge in [-0.1, -0.05) is 30.3 Å². The van der Waals surface area contributed by atoms with Gasteiger partial charge in [-0.25, -0.2) is 0 Å². The summed E-state index contributed by atoms with van der Waals surface area (Å²) in [5.74, 6) is 0.833. The SMILES string of the molecule is O=c1nc2n(c3ccccc13)-c1ccccc1C2. The first kappa shape index (κ1) is 9.59. The lowest BCUT2D eigenvalue weighted by atomic mass is 10.1. The molecule has 0 saturated carbocycles. The molecule has 0 unspecified atom stereocenters. The van der Waals surface area contributed by atoms with E-state index in [9.17, 15) is 4.79 Å². The Balaban J connectivity index is 2.22. The number of nitrogens with zero attached hydrogens (tertiary/aromatic N) is 2. The van der Waals surface area contributed by atoms with Crippen molar-refractivity contribution >= 4 is 10.9 Å². The molecule has 3 nitrogen and oxygen atoms in total. The van der Waals surface area contributed by atoms with Gasteiger partial charge < -0.3 is 0 Å². The van der Waals surface area contributed by atoms with E-state index in [0.29, 0.717) is 5.39 Å². The van der Waals surface area contributed by atoms with Crippen LogP contribution in [-0.2, 0) is 6.42 Å². The van der Waals surface area contributed by atoms with Gasteiger partial charge in [-0.15, -0.1) is 0 Å². The molecule has 18 heavy (non-hydrogen) atoms. The molecule has 3 heteroatoms. The Kier molecular flexibility index (Phi) is 1.75.